The SMILES string of the molecule is CCCCCC1CCC([C@H]2CO[C@H](c3ccc(CCCC)c(F)c3)OC2)CC1. The monoisotopic (exact) mass is 390 g/mol. The number of rotatable bonds is 9. The number of hydrogen-bond acceptors (Lipinski definition) is 2. The molecule has 1 heterocycles. The molecule has 0 atom stereocenters. The van der Waals surface area contributed by atoms with Crippen molar-refractivity contribution in [3.8, 4) is 0 Å². The van der Waals surface area contributed by atoms with Crippen LogP contribution >= 0.6 is 0 Å². The maximum Gasteiger partial charge on any atom is 0.183 e. The number of hydrogen-bond donors (Lipinski definition) is 0. The number of halogens is 1. The van der Waals surface area contributed by atoms with Crippen molar-refractivity contribution in [1.82, 2.24) is 0 Å². The van der Waals surface area contributed by atoms with Crippen molar-refractivity contribution in [2.24, 2.45) is 17.8 Å². The topological polar surface area (TPSA) is 18.5 Å². The zero-order valence-corrected chi connectivity index (χ0v) is 17.9. The molecule has 0 aromatic heterocycles. The van der Waals surface area contributed by atoms with Crippen LogP contribution in [0.25, 0.3) is 0 Å². The van der Waals surface area contributed by atoms with E-state index in [1.165, 1.54) is 51.4 Å². The summed E-state index contributed by atoms with van der Waals surface area (Å²) in [5, 5.41) is 0. The molecule has 158 valence electrons. The fraction of sp³-hybridized carbons (Fsp3) is 0.760. The van der Waals surface area contributed by atoms with Crippen LogP contribution in [-0.4, -0.2) is 13.2 Å². The van der Waals surface area contributed by atoms with Gasteiger partial charge in [-0.25, -0.2) is 4.39 Å². The molecule has 0 bridgehead atoms. The molecule has 2 aliphatic rings. The summed E-state index contributed by atoms with van der Waals surface area (Å²) in [6.45, 7) is 5.90. The van der Waals surface area contributed by atoms with Crippen molar-refractivity contribution in [3.05, 3.63) is 35.1 Å². The molecule has 1 saturated heterocycles. The van der Waals surface area contributed by atoms with Gasteiger partial charge in [0.2, 0.25) is 0 Å². The smallest absolute Gasteiger partial charge is 0.183 e. The normalized spacial score (nSPS) is 28.4. The van der Waals surface area contributed by atoms with E-state index in [0.717, 1.165) is 55.4 Å². The second-order valence-electron chi connectivity index (χ2n) is 8.99. The van der Waals surface area contributed by atoms with Crippen molar-refractivity contribution >= 4 is 0 Å². The van der Waals surface area contributed by atoms with Crippen LogP contribution in [0, 0.1) is 23.6 Å². The largest absolute Gasteiger partial charge is 0.348 e. The molecule has 0 N–H and O–H groups in total. The van der Waals surface area contributed by atoms with Crippen LogP contribution in [0.2, 0.25) is 0 Å². The van der Waals surface area contributed by atoms with Crippen molar-refractivity contribution < 1.29 is 13.9 Å². The number of benzene rings is 1. The van der Waals surface area contributed by atoms with Crippen molar-refractivity contribution in [3.63, 3.8) is 0 Å². The maximum absolute atomic E-state index is 14.3. The van der Waals surface area contributed by atoms with Gasteiger partial charge in [0.05, 0.1) is 13.2 Å². The molecule has 1 saturated carbocycles. The summed E-state index contributed by atoms with van der Waals surface area (Å²) in [4.78, 5) is 0. The van der Waals surface area contributed by atoms with E-state index in [9.17, 15) is 4.39 Å². The first-order chi connectivity index (χ1) is 13.7. The van der Waals surface area contributed by atoms with Crippen LogP contribution in [-0.2, 0) is 15.9 Å². The van der Waals surface area contributed by atoms with Gasteiger partial charge in [0.15, 0.2) is 6.29 Å². The zero-order chi connectivity index (χ0) is 19.8. The number of unbranched alkanes of at least 4 members (excludes halogenated alkanes) is 3. The van der Waals surface area contributed by atoms with Gasteiger partial charge >= 0.3 is 0 Å². The van der Waals surface area contributed by atoms with Gasteiger partial charge in [-0.2, -0.15) is 0 Å². The van der Waals surface area contributed by atoms with Gasteiger partial charge in [0, 0.05) is 11.5 Å². The first kappa shape index (κ1) is 21.8. The Morgan fingerprint density at radius 3 is 2.25 bits per heavy atom. The zero-order valence-electron chi connectivity index (χ0n) is 17.9. The van der Waals surface area contributed by atoms with Crippen LogP contribution < -0.4 is 0 Å². The maximum atomic E-state index is 14.3. The van der Waals surface area contributed by atoms with Gasteiger partial charge < -0.3 is 9.47 Å². The van der Waals surface area contributed by atoms with Crippen molar-refractivity contribution in [2.75, 3.05) is 13.2 Å². The van der Waals surface area contributed by atoms with Gasteiger partial charge in [-0.05, 0) is 49.1 Å². The third-order valence-electron chi connectivity index (χ3n) is 6.85. The fourth-order valence-electron chi connectivity index (χ4n) is 4.89. The summed E-state index contributed by atoms with van der Waals surface area (Å²) in [7, 11) is 0. The Hall–Kier alpha value is -0.930. The van der Waals surface area contributed by atoms with E-state index < -0.39 is 6.29 Å². The summed E-state index contributed by atoms with van der Waals surface area (Å²) in [5.74, 6) is 2.05. The lowest BCUT2D eigenvalue weighted by Crippen LogP contribution is -2.34. The molecule has 0 radical (unpaired) electrons. The quantitative estimate of drug-likeness (QED) is 0.414. The first-order valence-electron chi connectivity index (χ1n) is 11.7. The molecule has 0 spiro atoms. The summed E-state index contributed by atoms with van der Waals surface area (Å²) >= 11 is 0. The molecule has 3 heteroatoms. The molecular weight excluding hydrogens is 351 g/mol. The lowest BCUT2D eigenvalue weighted by atomic mass is 9.74. The van der Waals surface area contributed by atoms with E-state index in [0.29, 0.717) is 5.92 Å². The highest BCUT2D eigenvalue weighted by atomic mass is 19.1. The fourth-order valence-corrected chi connectivity index (χ4v) is 4.89. The van der Waals surface area contributed by atoms with E-state index in [-0.39, 0.29) is 5.82 Å². The highest BCUT2D eigenvalue weighted by molar-refractivity contribution is 5.25. The second-order valence-corrected chi connectivity index (χ2v) is 8.99. The van der Waals surface area contributed by atoms with E-state index in [1.807, 2.05) is 12.1 Å². The Kier molecular flexibility index (Phi) is 8.79. The highest BCUT2D eigenvalue weighted by Gasteiger charge is 2.32. The Morgan fingerprint density at radius 2 is 1.61 bits per heavy atom. The van der Waals surface area contributed by atoms with E-state index in [2.05, 4.69) is 13.8 Å². The van der Waals surface area contributed by atoms with Crippen molar-refractivity contribution in [1.29, 1.82) is 0 Å². The Labute approximate surface area is 171 Å². The predicted molar refractivity (Wildman–Crippen MR) is 113 cm³/mol. The molecular formula is C25H39FO2. The average molecular weight is 391 g/mol. The van der Waals surface area contributed by atoms with Gasteiger partial charge in [0.1, 0.15) is 5.82 Å². The Morgan fingerprint density at radius 1 is 0.893 bits per heavy atom. The van der Waals surface area contributed by atoms with Gasteiger partial charge in [0.25, 0.3) is 0 Å². The number of ether oxygens (including phenoxy) is 2. The molecule has 1 aliphatic carbocycles. The van der Waals surface area contributed by atoms with Crippen LogP contribution in [0.15, 0.2) is 18.2 Å². The lowest BCUT2D eigenvalue weighted by Gasteiger charge is -2.38. The van der Waals surface area contributed by atoms with E-state index in [1.54, 1.807) is 6.07 Å². The minimum Gasteiger partial charge on any atom is -0.348 e. The Balaban J connectivity index is 1.43. The minimum atomic E-state index is -0.406. The van der Waals surface area contributed by atoms with Gasteiger partial charge in [-0.3, -0.25) is 0 Å². The third-order valence-corrected chi connectivity index (χ3v) is 6.85. The summed E-state index contributed by atoms with van der Waals surface area (Å²) in [6.07, 6.45) is 13.4. The van der Waals surface area contributed by atoms with Gasteiger partial charge in [-0.1, -0.05) is 70.9 Å². The molecule has 1 aromatic carbocycles. The van der Waals surface area contributed by atoms with Crippen LogP contribution in [0.1, 0.15) is 95.5 Å². The molecule has 0 unspecified atom stereocenters. The highest BCUT2D eigenvalue weighted by Crippen LogP contribution is 2.38. The van der Waals surface area contributed by atoms with Crippen molar-refractivity contribution in [2.45, 2.75) is 90.8 Å². The summed E-state index contributed by atoms with van der Waals surface area (Å²) in [6, 6.07) is 5.48. The Bertz CT molecular complexity index is 572. The lowest BCUT2D eigenvalue weighted by molar-refractivity contribution is -0.214. The average Bonchev–Trinajstić information content (AvgIpc) is 2.74. The minimum absolute atomic E-state index is 0.123. The molecule has 3 rings (SSSR count). The van der Waals surface area contributed by atoms with E-state index in [4.69, 9.17) is 9.47 Å². The predicted octanol–water partition coefficient (Wildman–Crippen LogP) is 7.22. The molecule has 0 amide bonds. The molecule has 1 aliphatic heterocycles. The van der Waals surface area contributed by atoms with Crippen LogP contribution in [0.5, 0.6) is 0 Å². The summed E-state index contributed by atoms with van der Waals surface area (Å²) in [5.41, 5.74) is 1.62. The summed E-state index contributed by atoms with van der Waals surface area (Å²) < 4.78 is 26.4. The molecule has 1 aromatic rings. The molecule has 2 nitrogen and oxygen atoms in total. The third kappa shape index (κ3) is 6.03. The van der Waals surface area contributed by atoms with Crippen LogP contribution in [0.3, 0.4) is 0 Å². The standard InChI is InChI=1S/C25H39FO2/c1-3-5-7-8-19-10-12-20(13-11-19)23-17-27-25(28-18-23)22-15-14-21(9-6-4-2)24(26)16-22/h14-16,19-20,23,25H,3-13,17-18H2,1-2H3/t19?,20?,23-,25-. The van der Waals surface area contributed by atoms with Crippen LogP contribution in [0.4, 0.5) is 4.39 Å². The molecule has 2 fully saturated rings. The number of aryl methyl sites for hydroxylation is 1. The first-order valence-corrected chi connectivity index (χ1v) is 11.7. The molecule has 28 heavy (non-hydrogen) atoms. The van der Waals surface area contributed by atoms with Gasteiger partial charge in [-0.15, -0.1) is 0 Å². The van der Waals surface area contributed by atoms with E-state index >= 15 is 0 Å². The second kappa shape index (κ2) is 11.3.